The van der Waals surface area contributed by atoms with Gasteiger partial charge in [-0.25, -0.2) is 0 Å². The van der Waals surface area contributed by atoms with E-state index < -0.39 is 0 Å². The van der Waals surface area contributed by atoms with E-state index >= 15 is 0 Å². The lowest BCUT2D eigenvalue weighted by Gasteiger charge is -2.20. The van der Waals surface area contributed by atoms with E-state index in [0.29, 0.717) is 5.88 Å². The second-order valence-electron chi connectivity index (χ2n) is 6.11. The van der Waals surface area contributed by atoms with Crippen LogP contribution in [0.25, 0.3) is 0 Å². The summed E-state index contributed by atoms with van der Waals surface area (Å²) in [7, 11) is 0. The molecule has 0 atom stereocenters. The number of ether oxygens (including phenoxy) is 1. The average molecular weight is 285 g/mol. The Morgan fingerprint density at radius 2 is 1.95 bits per heavy atom. The summed E-state index contributed by atoms with van der Waals surface area (Å²) in [6.07, 6.45) is 3.31. The number of benzene rings is 1. The molecule has 21 heavy (non-hydrogen) atoms. The van der Waals surface area contributed by atoms with Gasteiger partial charge < -0.3 is 10.1 Å². The number of hydrogen-bond acceptors (Lipinski definition) is 4. The average Bonchev–Trinajstić information content (AvgIpc) is 2.41. The lowest BCUT2D eigenvalue weighted by Crippen LogP contribution is -2.11. The van der Waals surface area contributed by atoms with Crippen LogP contribution in [0.15, 0.2) is 30.6 Å². The first-order valence-corrected chi connectivity index (χ1v) is 7.25. The highest BCUT2D eigenvalue weighted by Crippen LogP contribution is 2.29. The Kier molecular flexibility index (Phi) is 4.46. The van der Waals surface area contributed by atoms with Crippen LogP contribution in [0.1, 0.15) is 38.8 Å². The van der Waals surface area contributed by atoms with Crippen molar-refractivity contribution in [2.24, 2.45) is 0 Å². The van der Waals surface area contributed by atoms with Gasteiger partial charge in [-0.3, -0.25) is 4.98 Å². The van der Waals surface area contributed by atoms with E-state index in [9.17, 15) is 0 Å². The first-order chi connectivity index (χ1) is 9.90. The van der Waals surface area contributed by atoms with Gasteiger partial charge in [0, 0.05) is 6.54 Å². The van der Waals surface area contributed by atoms with Crippen LogP contribution in [-0.2, 0) is 5.41 Å². The number of aryl methyl sites for hydroxylation is 1. The lowest BCUT2D eigenvalue weighted by atomic mass is 9.86. The normalized spacial score (nSPS) is 11.3. The monoisotopic (exact) mass is 285 g/mol. The minimum absolute atomic E-state index is 0.133. The van der Waals surface area contributed by atoms with E-state index in [4.69, 9.17) is 4.74 Å². The van der Waals surface area contributed by atoms with Crippen LogP contribution in [-0.4, -0.2) is 16.5 Å². The van der Waals surface area contributed by atoms with Gasteiger partial charge in [0.15, 0.2) is 0 Å². The zero-order valence-electron chi connectivity index (χ0n) is 13.4. The van der Waals surface area contributed by atoms with Crippen LogP contribution in [0.5, 0.6) is 11.6 Å². The summed E-state index contributed by atoms with van der Waals surface area (Å²) in [6, 6.07) is 6.26. The van der Waals surface area contributed by atoms with Crippen LogP contribution < -0.4 is 10.1 Å². The molecule has 4 nitrogen and oxygen atoms in total. The molecule has 0 bridgehead atoms. The molecule has 112 valence electrons. The van der Waals surface area contributed by atoms with E-state index in [2.05, 4.69) is 48.2 Å². The van der Waals surface area contributed by atoms with Crippen molar-refractivity contribution < 1.29 is 4.74 Å². The Hall–Kier alpha value is -2.10. The van der Waals surface area contributed by atoms with E-state index in [1.807, 2.05) is 19.9 Å². The van der Waals surface area contributed by atoms with Gasteiger partial charge in [-0.15, -0.1) is 0 Å². The van der Waals surface area contributed by atoms with Crippen LogP contribution in [0.3, 0.4) is 0 Å². The quantitative estimate of drug-likeness (QED) is 0.909. The molecule has 0 fully saturated rings. The molecule has 1 N–H and O–H groups in total. The van der Waals surface area contributed by atoms with Crippen LogP contribution in [0, 0.1) is 6.92 Å². The third-order valence-corrected chi connectivity index (χ3v) is 3.23. The Bertz CT molecular complexity index is 618. The maximum absolute atomic E-state index is 5.85. The van der Waals surface area contributed by atoms with E-state index in [-0.39, 0.29) is 5.41 Å². The molecule has 2 aromatic rings. The van der Waals surface area contributed by atoms with Gasteiger partial charge in [0.1, 0.15) is 11.6 Å². The predicted molar refractivity (Wildman–Crippen MR) is 86.1 cm³/mol. The molecule has 4 heteroatoms. The van der Waals surface area contributed by atoms with Crippen molar-refractivity contribution in [3.05, 3.63) is 41.7 Å². The fourth-order valence-electron chi connectivity index (χ4n) is 2.01. The van der Waals surface area contributed by atoms with Crippen LogP contribution >= 0.6 is 0 Å². The van der Waals surface area contributed by atoms with Gasteiger partial charge >= 0.3 is 0 Å². The molecular formula is C17H23N3O. The highest BCUT2D eigenvalue weighted by atomic mass is 16.5. The first-order valence-electron chi connectivity index (χ1n) is 7.25. The Morgan fingerprint density at radius 3 is 2.57 bits per heavy atom. The van der Waals surface area contributed by atoms with Gasteiger partial charge in [0.05, 0.1) is 12.4 Å². The molecule has 2 rings (SSSR count). The highest BCUT2D eigenvalue weighted by Gasteiger charge is 2.15. The number of aromatic nitrogens is 2. The molecule has 0 saturated heterocycles. The molecule has 1 aromatic heterocycles. The van der Waals surface area contributed by atoms with Crippen molar-refractivity contribution in [3.63, 3.8) is 0 Å². The lowest BCUT2D eigenvalue weighted by molar-refractivity contribution is 0.456. The molecule has 0 aliphatic heterocycles. The zero-order chi connectivity index (χ0) is 15.5. The van der Waals surface area contributed by atoms with Crippen molar-refractivity contribution >= 4 is 5.82 Å². The summed E-state index contributed by atoms with van der Waals surface area (Å²) in [5, 5.41) is 3.12. The van der Waals surface area contributed by atoms with Crippen LogP contribution in [0.2, 0.25) is 0 Å². The number of nitrogens with one attached hydrogen (secondary N) is 1. The van der Waals surface area contributed by atoms with Gasteiger partial charge in [0.2, 0.25) is 5.88 Å². The van der Waals surface area contributed by atoms with Crippen molar-refractivity contribution in [2.45, 2.75) is 40.0 Å². The number of anilines is 1. The van der Waals surface area contributed by atoms with Gasteiger partial charge in [-0.05, 0) is 36.5 Å². The SMILES string of the molecule is CCNc1cncc(Oc2ccc(C(C)(C)C)cc2C)n1. The maximum Gasteiger partial charge on any atom is 0.239 e. The van der Waals surface area contributed by atoms with Gasteiger partial charge in [0.25, 0.3) is 0 Å². The third kappa shape index (κ3) is 3.94. The largest absolute Gasteiger partial charge is 0.437 e. The summed E-state index contributed by atoms with van der Waals surface area (Å²) < 4.78 is 5.85. The van der Waals surface area contributed by atoms with E-state index in [1.165, 1.54) is 5.56 Å². The number of rotatable bonds is 4. The summed E-state index contributed by atoms with van der Waals surface area (Å²) in [4.78, 5) is 8.51. The van der Waals surface area contributed by atoms with Crippen molar-refractivity contribution in [1.82, 2.24) is 9.97 Å². The summed E-state index contributed by atoms with van der Waals surface area (Å²) in [5.41, 5.74) is 2.52. The minimum atomic E-state index is 0.133. The Balaban J connectivity index is 2.22. The molecule has 0 radical (unpaired) electrons. The Morgan fingerprint density at radius 1 is 1.19 bits per heavy atom. The molecule has 0 spiro atoms. The van der Waals surface area contributed by atoms with Crippen molar-refractivity contribution in [2.75, 3.05) is 11.9 Å². The Labute approximate surface area is 126 Å². The predicted octanol–water partition coefficient (Wildman–Crippen LogP) is 4.31. The maximum atomic E-state index is 5.85. The second kappa shape index (κ2) is 6.12. The summed E-state index contributed by atoms with van der Waals surface area (Å²) >= 11 is 0. The highest BCUT2D eigenvalue weighted by molar-refractivity contribution is 5.41. The van der Waals surface area contributed by atoms with E-state index in [0.717, 1.165) is 23.7 Å². The third-order valence-electron chi connectivity index (χ3n) is 3.23. The molecule has 0 aliphatic rings. The van der Waals surface area contributed by atoms with E-state index in [1.54, 1.807) is 12.4 Å². The number of nitrogens with zero attached hydrogens (tertiary/aromatic N) is 2. The summed E-state index contributed by atoms with van der Waals surface area (Å²) in [5.74, 6) is 2.03. The first kappa shape index (κ1) is 15.3. The number of hydrogen-bond donors (Lipinski definition) is 1. The molecule has 1 aromatic carbocycles. The molecular weight excluding hydrogens is 262 g/mol. The molecule has 0 unspecified atom stereocenters. The van der Waals surface area contributed by atoms with Crippen LogP contribution in [0.4, 0.5) is 5.82 Å². The molecule has 1 heterocycles. The second-order valence-corrected chi connectivity index (χ2v) is 6.11. The van der Waals surface area contributed by atoms with Gasteiger partial charge in [-0.1, -0.05) is 32.9 Å². The smallest absolute Gasteiger partial charge is 0.239 e. The minimum Gasteiger partial charge on any atom is -0.437 e. The molecule has 0 saturated carbocycles. The molecule has 0 amide bonds. The summed E-state index contributed by atoms with van der Waals surface area (Å²) in [6.45, 7) is 11.5. The zero-order valence-corrected chi connectivity index (χ0v) is 13.4. The van der Waals surface area contributed by atoms with Gasteiger partial charge in [-0.2, -0.15) is 4.98 Å². The fraction of sp³-hybridized carbons (Fsp3) is 0.412. The standard InChI is InChI=1S/C17H23N3O/c1-6-19-15-10-18-11-16(20-15)21-14-8-7-13(9-12(14)2)17(3,4)5/h7-11H,6H2,1-5H3,(H,19,20). The molecule has 0 aliphatic carbocycles. The van der Waals surface area contributed by atoms with Crippen molar-refractivity contribution in [3.8, 4) is 11.6 Å². The fourth-order valence-corrected chi connectivity index (χ4v) is 2.01. The topological polar surface area (TPSA) is 47.0 Å². The van der Waals surface area contributed by atoms with Crippen molar-refractivity contribution in [1.29, 1.82) is 0 Å².